The normalized spacial score (nSPS) is 10.7. The third-order valence-electron chi connectivity index (χ3n) is 3.49. The van der Waals surface area contributed by atoms with Crippen LogP contribution in [0.25, 0.3) is 0 Å². The molecule has 0 unspecified atom stereocenters. The van der Waals surface area contributed by atoms with Gasteiger partial charge in [0.05, 0.1) is 36.2 Å². The van der Waals surface area contributed by atoms with Gasteiger partial charge in [-0.25, -0.2) is 5.43 Å². The van der Waals surface area contributed by atoms with Crippen molar-refractivity contribution < 1.29 is 19.0 Å². The van der Waals surface area contributed by atoms with Gasteiger partial charge in [0.15, 0.2) is 11.5 Å². The Morgan fingerprint density at radius 1 is 1.22 bits per heavy atom. The summed E-state index contributed by atoms with van der Waals surface area (Å²) >= 11 is 5.53. The molecule has 0 aliphatic carbocycles. The van der Waals surface area contributed by atoms with Crippen molar-refractivity contribution >= 4 is 50.6 Å². The molecule has 0 fully saturated rings. The molecule has 0 aliphatic heterocycles. The van der Waals surface area contributed by atoms with E-state index in [1.54, 1.807) is 31.5 Å². The van der Waals surface area contributed by atoms with Crippen LogP contribution in [0.1, 0.15) is 29.3 Å². The molecule has 27 heavy (non-hydrogen) atoms. The van der Waals surface area contributed by atoms with E-state index in [0.717, 1.165) is 20.0 Å². The summed E-state index contributed by atoms with van der Waals surface area (Å²) in [5, 5.41) is 4.04. The number of nitrogens with one attached hydrogen (secondary N) is 1. The number of hydrogen-bond acceptors (Lipinski definition) is 5. The molecule has 8 heteroatoms. The third-order valence-corrected chi connectivity index (χ3v) is 4.78. The second-order valence-electron chi connectivity index (χ2n) is 5.43. The van der Waals surface area contributed by atoms with Crippen LogP contribution in [0.3, 0.4) is 0 Å². The van der Waals surface area contributed by atoms with Gasteiger partial charge in [-0.3, -0.25) is 4.79 Å². The molecule has 1 N–H and O–H groups in total. The van der Waals surface area contributed by atoms with Gasteiger partial charge < -0.3 is 14.2 Å². The molecule has 2 rings (SSSR count). The number of amides is 1. The SMILES string of the molecule is CCCOc1c(I)cc(/C=N\NC(=O)c2cc(Br)ccc2OC)cc1OC. The minimum Gasteiger partial charge on any atom is -0.496 e. The van der Waals surface area contributed by atoms with Crippen LogP contribution in [-0.2, 0) is 0 Å². The van der Waals surface area contributed by atoms with Crippen LogP contribution in [0.2, 0.25) is 0 Å². The third kappa shape index (κ3) is 5.83. The Kier molecular flexibility index (Phi) is 8.36. The van der Waals surface area contributed by atoms with E-state index in [0.29, 0.717) is 29.4 Å². The van der Waals surface area contributed by atoms with Gasteiger partial charge in [-0.05, 0) is 64.9 Å². The molecule has 0 spiro atoms. The number of carbonyl (C=O) groups excluding carboxylic acids is 1. The predicted molar refractivity (Wildman–Crippen MR) is 117 cm³/mol. The fourth-order valence-electron chi connectivity index (χ4n) is 2.24. The Morgan fingerprint density at radius 3 is 2.63 bits per heavy atom. The molecule has 0 radical (unpaired) electrons. The molecule has 0 aliphatic rings. The van der Waals surface area contributed by atoms with Gasteiger partial charge in [0.1, 0.15) is 5.75 Å². The van der Waals surface area contributed by atoms with E-state index in [1.165, 1.54) is 7.11 Å². The molecule has 2 aromatic rings. The van der Waals surface area contributed by atoms with Crippen LogP contribution in [0.5, 0.6) is 17.2 Å². The van der Waals surface area contributed by atoms with E-state index >= 15 is 0 Å². The number of halogens is 2. The van der Waals surface area contributed by atoms with Gasteiger partial charge in [-0.15, -0.1) is 0 Å². The first-order chi connectivity index (χ1) is 13.0. The van der Waals surface area contributed by atoms with E-state index in [4.69, 9.17) is 14.2 Å². The minimum atomic E-state index is -0.367. The quantitative estimate of drug-likeness (QED) is 0.298. The maximum Gasteiger partial charge on any atom is 0.275 e. The van der Waals surface area contributed by atoms with Gasteiger partial charge in [0.25, 0.3) is 5.91 Å². The average Bonchev–Trinajstić information content (AvgIpc) is 2.66. The fraction of sp³-hybridized carbons (Fsp3) is 0.263. The maximum atomic E-state index is 12.4. The Balaban J connectivity index is 2.15. The Hall–Kier alpha value is -1.81. The lowest BCUT2D eigenvalue weighted by Crippen LogP contribution is -2.18. The molecular formula is C19H20BrIN2O4. The lowest BCUT2D eigenvalue weighted by atomic mass is 10.2. The monoisotopic (exact) mass is 546 g/mol. The van der Waals surface area contributed by atoms with Crippen molar-refractivity contribution in [3.63, 3.8) is 0 Å². The van der Waals surface area contributed by atoms with Gasteiger partial charge in [0.2, 0.25) is 0 Å². The predicted octanol–water partition coefficient (Wildman–Crippen LogP) is 4.62. The summed E-state index contributed by atoms with van der Waals surface area (Å²) in [6.45, 7) is 2.66. The van der Waals surface area contributed by atoms with Crippen LogP contribution < -0.4 is 19.6 Å². The molecule has 0 atom stereocenters. The van der Waals surface area contributed by atoms with Crippen molar-refractivity contribution in [3.05, 3.63) is 49.5 Å². The highest BCUT2D eigenvalue weighted by molar-refractivity contribution is 14.1. The number of rotatable bonds is 8. The first kappa shape index (κ1) is 21.5. The van der Waals surface area contributed by atoms with Crippen molar-refractivity contribution in [2.75, 3.05) is 20.8 Å². The van der Waals surface area contributed by atoms with E-state index in [2.05, 4.69) is 49.0 Å². The number of carbonyl (C=O) groups is 1. The van der Waals surface area contributed by atoms with E-state index < -0.39 is 0 Å². The van der Waals surface area contributed by atoms with Crippen LogP contribution in [-0.4, -0.2) is 32.9 Å². The molecule has 0 saturated heterocycles. The zero-order chi connectivity index (χ0) is 19.8. The summed E-state index contributed by atoms with van der Waals surface area (Å²) in [5.74, 6) is 1.44. The molecule has 0 aromatic heterocycles. The van der Waals surface area contributed by atoms with Gasteiger partial charge in [-0.1, -0.05) is 22.9 Å². The van der Waals surface area contributed by atoms with Crippen LogP contribution in [0, 0.1) is 3.57 Å². The Labute approximate surface area is 180 Å². The summed E-state index contributed by atoms with van der Waals surface area (Å²) < 4.78 is 18.0. The molecule has 0 saturated carbocycles. The van der Waals surface area contributed by atoms with E-state index in [-0.39, 0.29) is 5.91 Å². The second kappa shape index (κ2) is 10.5. The fourth-order valence-corrected chi connectivity index (χ4v) is 3.38. The Morgan fingerprint density at radius 2 is 1.96 bits per heavy atom. The summed E-state index contributed by atoms with van der Waals surface area (Å²) in [7, 11) is 3.10. The number of hydrogen-bond donors (Lipinski definition) is 1. The minimum absolute atomic E-state index is 0.367. The van der Waals surface area contributed by atoms with Gasteiger partial charge in [0, 0.05) is 4.47 Å². The van der Waals surface area contributed by atoms with E-state index in [1.807, 2.05) is 19.1 Å². The summed E-state index contributed by atoms with van der Waals surface area (Å²) in [4.78, 5) is 12.4. The lowest BCUT2D eigenvalue weighted by molar-refractivity contribution is 0.0952. The molecule has 144 valence electrons. The number of benzene rings is 2. The van der Waals surface area contributed by atoms with Crippen LogP contribution in [0.4, 0.5) is 0 Å². The van der Waals surface area contributed by atoms with Crippen molar-refractivity contribution in [2.24, 2.45) is 5.10 Å². The van der Waals surface area contributed by atoms with Crippen molar-refractivity contribution in [3.8, 4) is 17.2 Å². The van der Waals surface area contributed by atoms with Crippen LogP contribution in [0.15, 0.2) is 39.9 Å². The van der Waals surface area contributed by atoms with Gasteiger partial charge >= 0.3 is 0 Å². The number of nitrogens with zero attached hydrogens (tertiary/aromatic N) is 1. The first-order valence-corrected chi connectivity index (χ1v) is 10.0. The molecular weight excluding hydrogens is 527 g/mol. The lowest BCUT2D eigenvalue weighted by Gasteiger charge is -2.12. The molecule has 6 nitrogen and oxygen atoms in total. The highest BCUT2D eigenvalue weighted by atomic mass is 127. The van der Waals surface area contributed by atoms with Crippen LogP contribution >= 0.6 is 38.5 Å². The second-order valence-corrected chi connectivity index (χ2v) is 7.50. The summed E-state index contributed by atoms with van der Waals surface area (Å²) in [5.41, 5.74) is 3.68. The smallest absolute Gasteiger partial charge is 0.275 e. The average molecular weight is 547 g/mol. The number of methoxy groups -OCH3 is 2. The molecule has 0 bridgehead atoms. The molecule has 2 aromatic carbocycles. The van der Waals surface area contributed by atoms with Crippen molar-refractivity contribution in [2.45, 2.75) is 13.3 Å². The topological polar surface area (TPSA) is 69.2 Å². The highest BCUT2D eigenvalue weighted by Crippen LogP contribution is 2.33. The zero-order valence-electron chi connectivity index (χ0n) is 15.2. The van der Waals surface area contributed by atoms with E-state index in [9.17, 15) is 4.79 Å². The highest BCUT2D eigenvalue weighted by Gasteiger charge is 2.13. The molecule has 1 amide bonds. The number of ether oxygens (including phenoxy) is 3. The van der Waals surface area contributed by atoms with Crippen molar-refractivity contribution in [1.29, 1.82) is 0 Å². The molecule has 0 heterocycles. The number of hydrazone groups is 1. The largest absolute Gasteiger partial charge is 0.496 e. The Bertz CT molecular complexity index is 843. The zero-order valence-corrected chi connectivity index (χ0v) is 19.0. The standard InChI is InChI=1S/C19H20BrIN2O4/c1-4-7-27-18-15(21)8-12(9-17(18)26-3)11-22-23-19(24)14-10-13(20)5-6-16(14)25-2/h5-6,8-11H,4,7H2,1-3H3,(H,23,24)/b22-11-. The van der Waals surface area contributed by atoms with Gasteiger partial charge in [-0.2, -0.15) is 5.10 Å². The first-order valence-electron chi connectivity index (χ1n) is 8.17. The summed E-state index contributed by atoms with van der Waals surface area (Å²) in [6.07, 6.45) is 2.46. The summed E-state index contributed by atoms with van der Waals surface area (Å²) in [6, 6.07) is 8.90. The van der Waals surface area contributed by atoms with Crippen molar-refractivity contribution in [1.82, 2.24) is 5.43 Å². The maximum absolute atomic E-state index is 12.4.